The van der Waals surface area contributed by atoms with Crippen LogP contribution in [0.4, 0.5) is 0 Å². The number of aliphatic hydroxyl groups excluding tert-OH is 2. The maximum Gasteiger partial charge on any atom is 0.336 e. The predicted molar refractivity (Wildman–Crippen MR) is 175 cm³/mol. The van der Waals surface area contributed by atoms with Crippen LogP contribution in [0.3, 0.4) is 0 Å². The van der Waals surface area contributed by atoms with Gasteiger partial charge >= 0.3 is 11.9 Å². The average Bonchev–Trinajstić information content (AvgIpc) is 3.53. The van der Waals surface area contributed by atoms with E-state index < -0.39 is 11.9 Å². The monoisotopic (exact) mass is 624 g/mol. The minimum atomic E-state index is -0.600. The Kier molecular flexibility index (Phi) is 7.48. The van der Waals surface area contributed by atoms with E-state index in [4.69, 9.17) is 9.47 Å². The number of fused-ring (bicyclic) bond motifs is 10. The zero-order valence-corrected chi connectivity index (χ0v) is 27.3. The van der Waals surface area contributed by atoms with Crippen molar-refractivity contribution in [3.63, 3.8) is 0 Å². The molecule has 0 aliphatic heterocycles. The Labute approximate surface area is 272 Å². The summed E-state index contributed by atoms with van der Waals surface area (Å²) in [6.07, 6.45) is 14.5. The predicted octanol–water partition coefficient (Wildman–Crippen LogP) is 7.19. The number of rotatable bonds is 4. The maximum absolute atomic E-state index is 12.6. The lowest BCUT2D eigenvalue weighted by Gasteiger charge is -2.50. The van der Waals surface area contributed by atoms with Gasteiger partial charge in [-0.3, -0.25) is 0 Å². The van der Waals surface area contributed by atoms with Gasteiger partial charge in [-0.1, -0.05) is 26.0 Å². The number of aryl methyl sites for hydroxylation is 2. The number of hydrogen-bond donors (Lipinski definition) is 2. The fourth-order valence-electron chi connectivity index (χ4n) is 11.6. The summed E-state index contributed by atoms with van der Waals surface area (Å²) in [4.78, 5) is 25.3. The normalized spacial score (nSPS) is 39.0. The summed E-state index contributed by atoms with van der Waals surface area (Å²) in [5.41, 5.74) is 5.36. The Hall–Kier alpha value is -2.96. The standard InChI is InChI=1S/C40H48O6/c1-39-19-17-29-27-9-5-25(21-23(27)3-7-31(29)33(39)11-13-35(39)41)45-37(43)15-16-38(44)46-26-6-10-28-24(22-26)4-8-32-30(28)18-20-40(2)34(32)12-14-36(40)42/h5-6,9-10,15-16,21-22,29-36,41-42H,3-4,7-8,11-14,17-20H2,1-2H3/b16-15+/t29?,30?,31?,32?,33?,34?,35-,36-,39-,40-/m0/s1. The molecule has 4 fully saturated rings. The molecule has 2 aromatic rings. The molecule has 0 aromatic heterocycles. The third kappa shape index (κ3) is 4.89. The molecule has 2 aromatic carbocycles. The molecule has 0 heterocycles. The van der Waals surface area contributed by atoms with E-state index in [9.17, 15) is 19.8 Å². The number of esters is 2. The van der Waals surface area contributed by atoms with E-state index in [2.05, 4.69) is 26.0 Å². The lowest BCUT2D eigenvalue weighted by atomic mass is 9.55. The molecule has 10 atom stereocenters. The Balaban J connectivity index is 0.876. The van der Waals surface area contributed by atoms with Gasteiger partial charge in [0, 0.05) is 12.2 Å². The Bertz CT molecular complexity index is 1460. The van der Waals surface area contributed by atoms with E-state index >= 15 is 0 Å². The number of aliphatic hydroxyl groups is 2. The first kappa shape index (κ1) is 30.4. The molecular formula is C40H48O6. The third-order valence-corrected chi connectivity index (χ3v) is 14.1. The summed E-state index contributed by atoms with van der Waals surface area (Å²) >= 11 is 0. The number of benzene rings is 2. The van der Waals surface area contributed by atoms with Crippen LogP contribution in [-0.4, -0.2) is 34.4 Å². The summed E-state index contributed by atoms with van der Waals surface area (Å²) in [5, 5.41) is 21.3. The van der Waals surface area contributed by atoms with Crippen LogP contribution in [0.5, 0.6) is 11.5 Å². The van der Waals surface area contributed by atoms with Crippen LogP contribution in [0.25, 0.3) is 0 Å². The van der Waals surface area contributed by atoms with Crippen LogP contribution in [-0.2, 0) is 22.4 Å². The van der Waals surface area contributed by atoms with Crippen molar-refractivity contribution in [3.05, 3.63) is 70.8 Å². The molecule has 0 amide bonds. The van der Waals surface area contributed by atoms with Crippen molar-refractivity contribution in [1.82, 2.24) is 0 Å². The molecule has 2 N–H and O–H groups in total. The fraction of sp³-hybridized carbons (Fsp3) is 0.600. The van der Waals surface area contributed by atoms with Crippen LogP contribution >= 0.6 is 0 Å². The highest BCUT2D eigenvalue weighted by atomic mass is 16.5. The topological polar surface area (TPSA) is 93.1 Å². The number of ether oxygens (including phenoxy) is 2. The van der Waals surface area contributed by atoms with E-state index in [1.807, 2.05) is 24.3 Å². The van der Waals surface area contributed by atoms with Crippen molar-refractivity contribution < 1.29 is 29.3 Å². The molecule has 6 nitrogen and oxygen atoms in total. The summed E-state index contributed by atoms with van der Waals surface area (Å²) in [6, 6.07) is 12.0. The first-order valence-electron chi connectivity index (χ1n) is 17.9. The molecule has 6 unspecified atom stereocenters. The van der Waals surface area contributed by atoms with Crippen LogP contribution in [0.15, 0.2) is 48.6 Å². The number of hydrogen-bond acceptors (Lipinski definition) is 6. The molecule has 244 valence electrons. The van der Waals surface area contributed by atoms with Crippen molar-refractivity contribution in [3.8, 4) is 11.5 Å². The molecular weight excluding hydrogens is 576 g/mol. The van der Waals surface area contributed by atoms with E-state index in [0.717, 1.165) is 89.2 Å². The second kappa shape index (κ2) is 11.3. The van der Waals surface area contributed by atoms with Gasteiger partial charge < -0.3 is 19.7 Å². The largest absolute Gasteiger partial charge is 0.423 e. The van der Waals surface area contributed by atoms with Crippen LogP contribution < -0.4 is 9.47 Å². The highest BCUT2D eigenvalue weighted by Gasteiger charge is 2.55. The van der Waals surface area contributed by atoms with Gasteiger partial charge in [0.05, 0.1) is 12.2 Å². The van der Waals surface area contributed by atoms with Gasteiger partial charge in [0.15, 0.2) is 0 Å². The molecule has 0 saturated heterocycles. The van der Waals surface area contributed by atoms with Crippen LogP contribution in [0.1, 0.15) is 112 Å². The molecule has 6 aliphatic rings. The van der Waals surface area contributed by atoms with Crippen molar-refractivity contribution >= 4 is 11.9 Å². The Morgan fingerprint density at radius 3 is 1.52 bits per heavy atom. The van der Waals surface area contributed by atoms with Gasteiger partial charge in [-0.25, -0.2) is 9.59 Å². The zero-order chi connectivity index (χ0) is 31.8. The maximum atomic E-state index is 12.6. The minimum Gasteiger partial charge on any atom is -0.423 e. The van der Waals surface area contributed by atoms with Gasteiger partial charge in [-0.05, 0) is 170 Å². The lowest BCUT2D eigenvalue weighted by molar-refractivity contribution is -0.131. The minimum absolute atomic E-state index is 0.0597. The molecule has 0 spiro atoms. The first-order valence-corrected chi connectivity index (χ1v) is 17.9. The quantitative estimate of drug-likeness (QED) is 0.213. The van der Waals surface area contributed by atoms with Crippen LogP contribution in [0, 0.1) is 34.5 Å². The second-order valence-electron chi connectivity index (χ2n) is 16.0. The lowest BCUT2D eigenvalue weighted by Crippen LogP contribution is -2.43. The van der Waals surface area contributed by atoms with Gasteiger partial charge in [0.1, 0.15) is 11.5 Å². The van der Waals surface area contributed by atoms with Crippen molar-refractivity contribution in [2.45, 2.75) is 115 Å². The summed E-state index contributed by atoms with van der Waals surface area (Å²) in [6.45, 7) is 4.59. The molecule has 0 radical (unpaired) electrons. The zero-order valence-electron chi connectivity index (χ0n) is 27.3. The van der Waals surface area contributed by atoms with Gasteiger partial charge in [-0.2, -0.15) is 0 Å². The van der Waals surface area contributed by atoms with Gasteiger partial charge in [-0.15, -0.1) is 0 Å². The van der Waals surface area contributed by atoms with Crippen molar-refractivity contribution in [2.75, 3.05) is 0 Å². The third-order valence-electron chi connectivity index (χ3n) is 14.1. The van der Waals surface area contributed by atoms with Gasteiger partial charge in [0.25, 0.3) is 0 Å². The molecule has 46 heavy (non-hydrogen) atoms. The smallest absolute Gasteiger partial charge is 0.336 e. The van der Waals surface area contributed by atoms with Crippen LogP contribution in [0.2, 0.25) is 0 Å². The number of carbonyl (C=O) groups is 2. The summed E-state index contributed by atoms with van der Waals surface area (Å²) < 4.78 is 11.2. The highest BCUT2D eigenvalue weighted by Crippen LogP contribution is 2.62. The number of carbonyl (C=O) groups excluding carboxylic acids is 2. The molecule has 0 bridgehead atoms. The molecule has 6 aliphatic carbocycles. The van der Waals surface area contributed by atoms with E-state index in [1.165, 1.54) is 22.3 Å². The second-order valence-corrected chi connectivity index (χ2v) is 16.0. The Morgan fingerprint density at radius 1 is 0.652 bits per heavy atom. The SMILES string of the molecule is C[C@]12CCC3c4ccc(OC(=O)/C=C/C(=O)Oc5ccc6c(c5)CCC5C6CC[C@@]6(C)C5CC[C@@H]6O)cc4CCC3C1CC[C@@H]2O. The molecule has 6 heteroatoms. The average molecular weight is 625 g/mol. The summed E-state index contributed by atoms with van der Waals surface area (Å²) in [7, 11) is 0. The highest BCUT2D eigenvalue weighted by molar-refractivity contribution is 5.93. The van der Waals surface area contributed by atoms with Crippen molar-refractivity contribution in [1.29, 1.82) is 0 Å². The van der Waals surface area contributed by atoms with E-state index in [1.54, 1.807) is 0 Å². The van der Waals surface area contributed by atoms with Crippen molar-refractivity contribution in [2.24, 2.45) is 34.5 Å². The fourth-order valence-corrected chi connectivity index (χ4v) is 11.6. The summed E-state index contributed by atoms with van der Waals surface area (Å²) in [5.74, 6) is 3.22. The first-order chi connectivity index (χ1) is 22.1. The van der Waals surface area contributed by atoms with Gasteiger partial charge in [0.2, 0.25) is 0 Å². The molecule has 8 rings (SSSR count). The molecule has 4 saturated carbocycles. The van der Waals surface area contributed by atoms with E-state index in [-0.39, 0.29) is 23.0 Å². The Morgan fingerprint density at radius 2 is 1.09 bits per heavy atom. The van der Waals surface area contributed by atoms with E-state index in [0.29, 0.717) is 47.0 Å².